The van der Waals surface area contributed by atoms with Crippen molar-refractivity contribution in [2.75, 3.05) is 21.1 Å². The van der Waals surface area contributed by atoms with Crippen LogP contribution in [0.5, 0.6) is 0 Å². The maximum Gasteiger partial charge on any atom is 0.0808 e. The highest BCUT2D eigenvalue weighted by Crippen LogP contribution is 2.02. The molecule has 0 bridgehead atoms. The predicted molar refractivity (Wildman–Crippen MR) is 45.0 cm³/mol. The van der Waals surface area contributed by atoms with Crippen molar-refractivity contribution >= 4 is 0 Å². The number of hydrogen-bond donors (Lipinski definition) is 3. The molecule has 1 atom stereocenters. The minimum absolute atomic E-state index is 0.0191. The van der Waals surface area contributed by atoms with Gasteiger partial charge in [0, 0.05) is 6.04 Å². The van der Waals surface area contributed by atoms with E-state index in [9.17, 15) is 0 Å². The zero-order valence-corrected chi connectivity index (χ0v) is 7.58. The Balaban J connectivity index is 4.02. The second kappa shape index (κ2) is 3.91. The molecule has 0 aromatic rings. The Morgan fingerprint density at radius 2 is 1.50 bits per heavy atom. The third-order valence-corrected chi connectivity index (χ3v) is 2.34. The van der Waals surface area contributed by atoms with Crippen LogP contribution in [-0.4, -0.2) is 32.8 Å². The van der Waals surface area contributed by atoms with Gasteiger partial charge < -0.3 is 16.0 Å². The fourth-order valence-corrected chi connectivity index (χ4v) is 0.847. The van der Waals surface area contributed by atoms with Crippen LogP contribution in [0.15, 0.2) is 0 Å². The summed E-state index contributed by atoms with van der Waals surface area (Å²) in [5.41, 5.74) is -0.0191. The number of hydrogen-bond acceptors (Lipinski definition) is 3. The molecule has 3 heteroatoms. The van der Waals surface area contributed by atoms with Gasteiger partial charge in [0.25, 0.3) is 0 Å². The van der Waals surface area contributed by atoms with E-state index < -0.39 is 0 Å². The normalized spacial score (nSPS) is 15.3. The molecule has 0 saturated carbocycles. The highest BCUT2D eigenvalue weighted by molar-refractivity contribution is 4.86. The van der Waals surface area contributed by atoms with Gasteiger partial charge in [-0.25, -0.2) is 0 Å². The van der Waals surface area contributed by atoms with Gasteiger partial charge in [-0.2, -0.15) is 0 Å². The van der Waals surface area contributed by atoms with Crippen molar-refractivity contribution in [3.8, 4) is 0 Å². The van der Waals surface area contributed by atoms with Gasteiger partial charge in [-0.1, -0.05) is 0 Å². The second-order valence-corrected chi connectivity index (χ2v) is 2.71. The average molecular weight is 145 g/mol. The van der Waals surface area contributed by atoms with E-state index in [4.69, 9.17) is 0 Å². The summed E-state index contributed by atoms with van der Waals surface area (Å²) in [6.45, 7) is 4.25. The van der Waals surface area contributed by atoms with Gasteiger partial charge in [0.05, 0.1) is 5.66 Å². The molecule has 0 aliphatic carbocycles. The summed E-state index contributed by atoms with van der Waals surface area (Å²) >= 11 is 0. The smallest absolute Gasteiger partial charge is 0.0808 e. The third kappa shape index (κ3) is 1.94. The fraction of sp³-hybridized carbons (Fsp3) is 1.00. The summed E-state index contributed by atoms with van der Waals surface area (Å²) in [5.74, 6) is 0. The van der Waals surface area contributed by atoms with Crippen molar-refractivity contribution in [3.05, 3.63) is 0 Å². The first-order valence-electron chi connectivity index (χ1n) is 3.65. The van der Waals surface area contributed by atoms with Crippen LogP contribution in [0.4, 0.5) is 0 Å². The quantitative estimate of drug-likeness (QED) is 0.477. The molecule has 0 aliphatic rings. The highest BCUT2D eigenvalue weighted by Gasteiger charge is 2.25. The Kier molecular flexibility index (Phi) is 3.86. The molecule has 0 heterocycles. The molecular formula is C7H19N3. The van der Waals surface area contributed by atoms with Crippen LogP contribution >= 0.6 is 0 Å². The van der Waals surface area contributed by atoms with Crippen LogP contribution in [0, 0.1) is 0 Å². The summed E-state index contributed by atoms with van der Waals surface area (Å²) in [6, 6.07) is 0.405. The van der Waals surface area contributed by atoms with E-state index in [1.54, 1.807) is 0 Å². The van der Waals surface area contributed by atoms with Gasteiger partial charge in [-0.05, 0) is 35.0 Å². The van der Waals surface area contributed by atoms with Crippen LogP contribution in [0.2, 0.25) is 0 Å². The lowest BCUT2D eigenvalue weighted by molar-refractivity contribution is 0.251. The lowest BCUT2D eigenvalue weighted by Gasteiger charge is -2.34. The first-order chi connectivity index (χ1) is 4.60. The van der Waals surface area contributed by atoms with Gasteiger partial charge in [-0.15, -0.1) is 0 Å². The molecule has 0 spiro atoms. The lowest BCUT2D eigenvalue weighted by Crippen LogP contribution is -2.62. The molecule has 0 amide bonds. The predicted octanol–water partition coefficient (Wildman–Crippen LogP) is -0.251. The van der Waals surface area contributed by atoms with Crippen molar-refractivity contribution in [2.45, 2.75) is 25.6 Å². The number of likely N-dealkylation sites (N-methyl/N-ethyl adjacent to an activating group) is 3. The van der Waals surface area contributed by atoms with E-state index in [1.165, 1.54) is 0 Å². The van der Waals surface area contributed by atoms with Crippen molar-refractivity contribution in [1.29, 1.82) is 0 Å². The van der Waals surface area contributed by atoms with Gasteiger partial charge >= 0.3 is 0 Å². The molecule has 0 fully saturated rings. The SMILES string of the molecule is CNC(C)C(C)(NC)NC. The molecule has 0 aliphatic heterocycles. The van der Waals surface area contributed by atoms with E-state index in [0.717, 1.165) is 0 Å². The van der Waals surface area contributed by atoms with Gasteiger partial charge in [-0.3, -0.25) is 0 Å². The monoisotopic (exact) mass is 145 g/mol. The Bertz CT molecular complexity index is 88.9. The van der Waals surface area contributed by atoms with Crippen LogP contribution in [0.25, 0.3) is 0 Å². The minimum atomic E-state index is -0.0191. The van der Waals surface area contributed by atoms with Crippen molar-refractivity contribution in [3.63, 3.8) is 0 Å². The molecule has 0 radical (unpaired) electrons. The molecule has 0 rings (SSSR count). The maximum absolute atomic E-state index is 3.21. The van der Waals surface area contributed by atoms with Gasteiger partial charge in [0.15, 0.2) is 0 Å². The zero-order valence-electron chi connectivity index (χ0n) is 7.58. The fourth-order valence-electron chi connectivity index (χ4n) is 0.847. The molecule has 0 aromatic carbocycles. The molecule has 0 aromatic heterocycles. The summed E-state index contributed by atoms with van der Waals surface area (Å²) in [5, 5.41) is 9.59. The summed E-state index contributed by atoms with van der Waals surface area (Å²) < 4.78 is 0. The summed E-state index contributed by atoms with van der Waals surface area (Å²) in [7, 11) is 5.85. The van der Waals surface area contributed by atoms with Crippen LogP contribution in [0.1, 0.15) is 13.8 Å². The third-order valence-electron chi connectivity index (χ3n) is 2.34. The van der Waals surface area contributed by atoms with Crippen molar-refractivity contribution < 1.29 is 0 Å². The summed E-state index contributed by atoms with van der Waals surface area (Å²) in [6.07, 6.45) is 0. The molecule has 1 unspecified atom stereocenters. The van der Waals surface area contributed by atoms with E-state index in [0.29, 0.717) is 6.04 Å². The molecule has 0 saturated heterocycles. The van der Waals surface area contributed by atoms with Gasteiger partial charge in [0.1, 0.15) is 0 Å². The summed E-state index contributed by atoms with van der Waals surface area (Å²) in [4.78, 5) is 0. The molecule has 62 valence electrons. The molecule has 3 nitrogen and oxygen atoms in total. The highest BCUT2D eigenvalue weighted by atomic mass is 15.2. The molecular weight excluding hydrogens is 126 g/mol. The van der Waals surface area contributed by atoms with E-state index in [2.05, 4.69) is 29.8 Å². The Labute approximate surface area is 63.6 Å². The maximum atomic E-state index is 3.21. The first kappa shape index (κ1) is 9.88. The average Bonchev–Trinajstić information content (AvgIpc) is 2.01. The molecule has 10 heavy (non-hydrogen) atoms. The lowest BCUT2D eigenvalue weighted by atomic mass is 10.1. The largest absolute Gasteiger partial charge is 0.314 e. The first-order valence-corrected chi connectivity index (χ1v) is 3.65. The second-order valence-electron chi connectivity index (χ2n) is 2.71. The van der Waals surface area contributed by atoms with Crippen LogP contribution < -0.4 is 16.0 Å². The standard InChI is InChI=1S/C7H19N3/c1-6(8-3)7(2,9-4)10-5/h6,8-10H,1-5H3. The van der Waals surface area contributed by atoms with Crippen molar-refractivity contribution in [2.24, 2.45) is 0 Å². The zero-order chi connectivity index (χ0) is 8.20. The van der Waals surface area contributed by atoms with Crippen LogP contribution in [-0.2, 0) is 0 Å². The van der Waals surface area contributed by atoms with E-state index in [1.807, 2.05) is 21.1 Å². The Morgan fingerprint density at radius 1 is 1.10 bits per heavy atom. The Hall–Kier alpha value is -0.120. The van der Waals surface area contributed by atoms with E-state index in [-0.39, 0.29) is 5.66 Å². The molecule has 3 N–H and O–H groups in total. The Morgan fingerprint density at radius 3 is 1.60 bits per heavy atom. The minimum Gasteiger partial charge on any atom is -0.314 e. The number of rotatable bonds is 4. The van der Waals surface area contributed by atoms with Gasteiger partial charge in [0.2, 0.25) is 0 Å². The van der Waals surface area contributed by atoms with E-state index >= 15 is 0 Å². The topological polar surface area (TPSA) is 36.1 Å². The van der Waals surface area contributed by atoms with Crippen molar-refractivity contribution in [1.82, 2.24) is 16.0 Å². The van der Waals surface area contributed by atoms with Crippen LogP contribution in [0.3, 0.4) is 0 Å². The number of nitrogens with one attached hydrogen (secondary N) is 3.